The molecule has 0 atom stereocenters. The number of anilines is 1. The van der Waals surface area contributed by atoms with E-state index in [0.717, 1.165) is 33.8 Å². The first-order chi connectivity index (χ1) is 14.6. The van der Waals surface area contributed by atoms with E-state index in [1.54, 1.807) is 18.2 Å². The summed E-state index contributed by atoms with van der Waals surface area (Å²) in [7, 11) is 0. The third-order valence-corrected chi connectivity index (χ3v) is 5.63. The Labute approximate surface area is 182 Å². The van der Waals surface area contributed by atoms with Gasteiger partial charge in [0, 0.05) is 10.7 Å². The Morgan fingerprint density at radius 3 is 2.80 bits per heavy atom. The number of carbonyl (C=O) groups excluding carboxylic acids is 1. The van der Waals surface area contributed by atoms with Crippen LogP contribution in [0.1, 0.15) is 11.5 Å². The highest BCUT2D eigenvalue weighted by atomic mass is 35.5. The summed E-state index contributed by atoms with van der Waals surface area (Å²) >= 11 is 7.24. The number of nitrogens with zero attached hydrogens (tertiary/aromatic N) is 2. The number of carbonyl (C=O) groups is 1. The van der Waals surface area contributed by atoms with Crippen LogP contribution in [0.15, 0.2) is 70.3 Å². The van der Waals surface area contributed by atoms with E-state index in [4.69, 9.17) is 20.8 Å². The van der Waals surface area contributed by atoms with Gasteiger partial charge in [0.25, 0.3) is 11.1 Å². The predicted octanol–water partition coefficient (Wildman–Crippen LogP) is 5.49. The summed E-state index contributed by atoms with van der Waals surface area (Å²) in [6.45, 7) is 2.00. The van der Waals surface area contributed by atoms with Crippen LogP contribution in [0, 0.1) is 6.92 Å². The predicted molar refractivity (Wildman–Crippen MR) is 118 cm³/mol. The molecule has 8 heteroatoms. The molecule has 1 amide bonds. The first kappa shape index (κ1) is 20.3. The molecule has 1 heterocycles. The number of amides is 1. The molecule has 0 radical (unpaired) electrons. The number of hydrogen-bond acceptors (Lipinski definition) is 6. The van der Waals surface area contributed by atoms with Crippen molar-refractivity contribution in [3.63, 3.8) is 0 Å². The molecule has 0 saturated heterocycles. The van der Waals surface area contributed by atoms with Crippen LogP contribution in [0.2, 0.25) is 5.02 Å². The normalized spacial score (nSPS) is 10.9. The van der Waals surface area contributed by atoms with Crippen molar-refractivity contribution in [3.05, 3.63) is 77.1 Å². The molecule has 0 aliphatic heterocycles. The monoisotopic (exact) mass is 439 g/mol. The van der Waals surface area contributed by atoms with E-state index in [9.17, 15) is 4.79 Å². The summed E-state index contributed by atoms with van der Waals surface area (Å²) in [6, 6.07) is 19.3. The molecule has 0 aliphatic rings. The van der Waals surface area contributed by atoms with Crippen molar-refractivity contribution < 1.29 is 13.9 Å². The summed E-state index contributed by atoms with van der Waals surface area (Å²) < 4.78 is 11.3. The van der Waals surface area contributed by atoms with Crippen LogP contribution in [0.4, 0.5) is 5.69 Å². The molecule has 1 N–H and O–H groups in total. The highest BCUT2D eigenvalue weighted by Crippen LogP contribution is 2.24. The molecule has 0 fully saturated rings. The van der Waals surface area contributed by atoms with Gasteiger partial charge in [0.15, 0.2) is 6.61 Å². The van der Waals surface area contributed by atoms with Crippen molar-refractivity contribution in [2.45, 2.75) is 18.8 Å². The van der Waals surface area contributed by atoms with E-state index in [0.29, 0.717) is 21.8 Å². The smallest absolute Gasteiger partial charge is 0.277 e. The Morgan fingerprint density at radius 1 is 1.10 bits per heavy atom. The zero-order valence-corrected chi connectivity index (χ0v) is 17.7. The number of thioether (sulfide) groups is 1. The quantitative estimate of drug-likeness (QED) is 0.383. The molecular formula is C22H18ClN3O3S. The highest BCUT2D eigenvalue weighted by molar-refractivity contribution is 7.99. The van der Waals surface area contributed by atoms with E-state index < -0.39 is 0 Å². The van der Waals surface area contributed by atoms with Crippen molar-refractivity contribution in [1.29, 1.82) is 0 Å². The van der Waals surface area contributed by atoms with Crippen molar-refractivity contribution in [3.8, 4) is 5.75 Å². The maximum Gasteiger partial charge on any atom is 0.277 e. The number of fused-ring (bicyclic) bond motifs is 1. The van der Waals surface area contributed by atoms with Crippen molar-refractivity contribution in [1.82, 2.24) is 10.2 Å². The van der Waals surface area contributed by atoms with E-state index in [1.807, 2.05) is 49.4 Å². The molecule has 152 valence electrons. The van der Waals surface area contributed by atoms with Crippen LogP contribution < -0.4 is 10.1 Å². The Bertz CT molecular complexity index is 1200. The Kier molecular flexibility index (Phi) is 6.21. The zero-order chi connectivity index (χ0) is 20.9. The van der Waals surface area contributed by atoms with Crippen LogP contribution in [0.5, 0.6) is 5.75 Å². The molecule has 3 aromatic carbocycles. The van der Waals surface area contributed by atoms with Crippen molar-refractivity contribution >= 4 is 45.7 Å². The number of nitrogens with one attached hydrogen (secondary N) is 1. The van der Waals surface area contributed by atoms with Gasteiger partial charge in [-0.15, -0.1) is 10.2 Å². The van der Waals surface area contributed by atoms with Crippen LogP contribution in [0.25, 0.3) is 10.8 Å². The molecular weight excluding hydrogens is 422 g/mol. The van der Waals surface area contributed by atoms with Gasteiger partial charge in [-0.25, -0.2) is 0 Å². The second kappa shape index (κ2) is 9.19. The number of benzene rings is 3. The second-order valence-electron chi connectivity index (χ2n) is 6.51. The second-order valence-corrected chi connectivity index (χ2v) is 7.84. The van der Waals surface area contributed by atoms with Gasteiger partial charge in [-0.3, -0.25) is 4.79 Å². The van der Waals surface area contributed by atoms with Crippen molar-refractivity contribution in [2.24, 2.45) is 0 Å². The third-order valence-electron chi connectivity index (χ3n) is 4.40. The van der Waals surface area contributed by atoms with Crippen molar-refractivity contribution in [2.75, 3.05) is 11.1 Å². The summed E-state index contributed by atoms with van der Waals surface area (Å²) in [5, 5.41) is 13.9. The molecule has 30 heavy (non-hydrogen) atoms. The minimum atomic E-state index is -0.183. The van der Waals surface area contributed by atoms with Crippen LogP contribution >= 0.6 is 23.4 Å². The van der Waals surface area contributed by atoms with Gasteiger partial charge in [-0.1, -0.05) is 59.8 Å². The van der Waals surface area contributed by atoms with Gasteiger partial charge >= 0.3 is 0 Å². The topological polar surface area (TPSA) is 77.2 Å². The Hall–Kier alpha value is -3.03. The minimum Gasteiger partial charge on any atom is -0.484 e. The Morgan fingerprint density at radius 2 is 1.93 bits per heavy atom. The molecule has 6 nitrogen and oxygen atoms in total. The molecule has 4 rings (SSSR count). The average Bonchev–Trinajstić information content (AvgIpc) is 3.22. The molecule has 0 bridgehead atoms. The molecule has 0 unspecified atom stereocenters. The highest BCUT2D eigenvalue weighted by Gasteiger charge is 2.12. The first-order valence-electron chi connectivity index (χ1n) is 9.20. The molecule has 0 saturated carbocycles. The third kappa shape index (κ3) is 4.93. The van der Waals surface area contributed by atoms with Crippen LogP contribution in [-0.4, -0.2) is 21.9 Å². The fourth-order valence-electron chi connectivity index (χ4n) is 2.81. The Balaban J connectivity index is 1.29. The lowest BCUT2D eigenvalue weighted by atomic mass is 10.1. The van der Waals surface area contributed by atoms with E-state index in [-0.39, 0.29) is 18.3 Å². The fourth-order valence-corrected chi connectivity index (χ4v) is 3.57. The van der Waals surface area contributed by atoms with Gasteiger partial charge in [0.2, 0.25) is 5.91 Å². The zero-order valence-electron chi connectivity index (χ0n) is 16.1. The average molecular weight is 440 g/mol. The largest absolute Gasteiger partial charge is 0.484 e. The molecule has 0 aliphatic carbocycles. The molecule has 0 spiro atoms. The van der Waals surface area contributed by atoms with Gasteiger partial charge in [-0.05, 0) is 47.5 Å². The summed E-state index contributed by atoms with van der Waals surface area (Å²) in [5.41, 5.74) is 1.51. The van der Waals surface area contributed by atoms with E-state index >= 15 is 0 Å². The number of hydrogen-bond donors (Lipinski definition) is 1. The van der Waals surface area contributed by atoms with Gasteiger partial charge < -0.3 is 14.5 Å². The standard InChI is InChI=1S/C22H18ClN3O3S/c1-14-18(23)7-4-8-19(14)24-20(27)13-30-22-26-25-21(29-22)12-28-17-10-9-15-5-2-3-6-16(15)11-17/h2-11H,12-13H2,1H3,(H,24,27). The summed E-state index contributed by atoms with van der Waals surface area (Å²) in [5.74, 6) is 1.02. The fraction of sp³-hybridized carbons (Fsp3) is 0.136. The summed E-state index contributed by atoms with van der Waals surface area (Å²) in [4.78, 5) is 12.2. The van der Waals surface area contributed by atoms with Gasteiger partial charge in [0.1, 0.15) is 5.75 Å². The minimum absolute atomic E-state index is 0.138. The lowest BCUT2D eigenvalue weighted by molar-refractivity contribution is -0.113. The lowest BCUT2D eigenvalue weighted by Gasteiger charge is -2.08. The maximum atomic E-state index is 12.2. The van der Waals surface area contributed by atoms with E-state index in [2.05, 4.69) is 15.5 Å². The summed E-state index contributed by atoms with van der Waals surface area (Å²) in [6.07, 6.45) is 0. The SMILES string of the molecule is Cc1c(Cl)cccc1NC(=O)CSc1nnc(COc2ccc3ccccc3c2)o1. The number of aromatic nitrogens is 2. The number of ether oxygens (including phenoxy) is 1. The van der Waals surface area contributed by atoms with Gasteiger partial charge in [0.05, 0.1) is 5.75 Å². The van der Waals surface area contributed by atoms with Crippen LogP contribution in [0.3, 0.4) is 0 Å². The maximum absolute atomic E-state index is 12.2. The number of rotatable bonds is 7. The number of halogens is 1. The molecule has 4 aromatic rings. The lowest BCUT2D eigenvalue weighted by Crippen LogP contribution is -2.14. The van der Waals surface area contributed by atoms with Crippen LogP contribution in [-0.2, 0) is 11.4 Å². The van der Waals surface area contributed by atoms with Gasteiger partial charge in [-0.2, -0.15) is 0 Å². The molecule has 1 aromatic heterocycles. The first-order valence-corrected chi connectivity index (χ1v) is 10.6. The van der Waals surface area contributed by atoms with E-state index in [1.165, 1.54) is 0 Å².